The van der Waals surface area contributed by atoms with Gasteiger partial charge in [0.1, 0.15) is 0 Å². The molecule has 0 saturated carbocycles. The molecule has 0 aromatic heterocycles. The SMILES string of the molecule is CCNCCNC(=O)c1cccc(S(=O)(=O)N(C)c2ccccc2)c1.Cl. The lowest BCUT2D eigenvalue weighted by molar-refractivity contribution is 0.0953. The Morgan fingerprint density at radius 2 is 1.73 bits per heavy atom. The molecule has 1 amide bonds. The highest BCUT2D eigenvalue weighted by Gasteiger charge is 2.22. The summed E-state index contributed by atoms with van der Waals surface area (Å²) >= 11 is 0. The van der Waals surface area contributed by atoms with Gasteiger partial charge in [0.15, 0.2) is 0 Å². The van der Waals surface area contributed by atoms with Gasteiger partial charge in [-0.2, -0.15) is 0 Å². The third-order valence-electron chi connectivity index (χ3n) is 3.71. The first-order valence-corrected chi connectivity index (χ1v) is 9.53. The van der Waals surface area contributed by atoms with E-state index in [9.17, 15) is 13.2 Å². The number of hydrogen-bond donors (Lipinski definition) is 2. The molecule has 2 aromatic rings. The maximum Gasteiger partial charge on any atom is 0.264 e. The molecular formula is C18H24ClN3O3S. The number of amides is 1. The normalized spacial score (nSPS) is 10.7. The van der Waals surface area contributed by atoms with Gasteiger partial charge in [0.2, 0.25) is 0 Å². The van der Waals surface area contributed by atoms with Crippen molar-refractivity contribution in [3.63, 3.8) is 0 Å². The van der Waals surface area contributed by atoms with Crippen LogP contribution in [0.5, 0.6) is 0 Å². The largest absolute Gasteiger partial charge is 0.351 e. The number of anilines is 1. The summed E-state index contributed by atoms with van der Waals surface area (Å²) in [5.74, 6) is -0.294. The average molecular weight is 398 g/mol. The number of sulfonamides is 1. The van der Waals surface area contributed by atoms with Crippen LogP contribution in [-0.2, 0) is 10.0 Å². The van der Waals surface area contributed by atoms with Gasteiger partial charge in [0, 0.05) is 25.7 Å². The predicted molar refractivity (Wildman–Crippen MR) is 107 cm³/mol. The first kappa shape index (κ1) is 22.0. The molecule has 26 heavy (non-hydrogen) atoms. The average Bonchev–Trinajstić information content (AvgIpc) is 2.65. The van der Waals surface area contributed by atoms with E-state index in [0.717, 1.165) is 6.54 Å². The van der Waals surface area contributed by atoms with Crippen LogP contribution in [0.15, 0.2) is 59.5 Å². The molecule has 2 aromatic carbocycles. The van der Waals surface area contributed by atoms with Crippen LogP contribution < -0.4 is 14.9 Å². The van der Waals surface area contributed by atoms with Gasteiger partial charge in [-0.25, -0.2) is 8.42 Å². The summed E-state index contributed by atoms with van der Waals surface area (Å²) in [5, 5.41) is 5.87. The van der Waals surface area contributed by atoms with Crippen molar-refractivity contribution < 1.29 is 13.2 Å². The lowest BCUT2D eigenvalue weighted by Gasteiger charge is -2.19. The Labute approximate surface area is 161 Å². The van der Waals surface area contributed by atoms with Crippen molar-refractivity contribution in [1.29, 1.82) is 0 Å². The van der Waals surface area contributed by atoms with Crippen molar-refractivity contribution in [2.45, 2.75) is 11.8 Å². The fourth-order valence-electron chi connectivity index (χ4n) is 2.28. The van der Waals surface area contributed by atoms with Gasteiger partial charge in [0.05, 0.1) is 10.6 Å². The van der Waals surface area contributed by atoms with Gasteiger partial charge >= 0.3 is 0 Å². The summed E-state index contributed by atoms with van der Waals surface area (Å²) in [6.07, 6.45) is 0. The second-order valence-corrected chi connectivity index (χ2v) is 7.41. The van der Waals surface area contributed by atoms with E-state index in [1.54, 1.807) is 36.4 Å². The number of carbonyl (C=O) groups excluding carboxylic acids is 1. The third kappa shape index (κ3) is 5.45. The van der Waals surface area contributed by atoms with Crippen LogP contribution in [0.1, 0.15) is 17.3 Å². The van der Waals surface area contributed by atoms with E-state index in [0.29, 0.717) is 24.3 Å². The van der Waals surface area contributed by atoms with Crippen LogP contribution >= 0.6 is 12.4 Å². The standard InChI is InChI=1S/C18H23N3O3S.ClH/c1-3-19-12-13-20-18(22)15-8-7-11-17(14-15)25(23,24)21(2)16-9-5-4-6-10-16;/h4-11,14,19H,3,12-13H2,1-2H3,(H,20,22);1H. The van der Waals surface area contributed by atoms with E-state index in [4.69, 9.17) is 0 Å². The maximum absolute atomic E-state index is 12.8. The zero-order valence-electron chi connectivity index (χ0n) is 14.8. The molecule has 0 heterocycles. The maximum atomic E-state index is 12.8. The Bertz CT molecular complexity index is 813. The Morgan fingerprint density at radius 3 is 2.38 bits per heavy atom. The summed E-state index contributed by atoms with van der Waals surface area (Å²) in [6.45, 7) is 3.96. The first-order chi connectivity index (χ1) is 12.0. The molecule has 0 radical (unpaired) electrons. The molecule has 0 atom stereocenters. The van der Waals surface area contributed by atoms with Gasteiger partial charge in [-0.05, 0) is 36.9 Å². The molecule has 0 aliphatic rings. The van der Waals surface area contributed by atoms with Crippen molar-refractivity contribution in [2.75, 3.05) is 31.0 Å². The second-order valence-electron chi connectivity index (χ2n) is 5.45. The molecule has 2 N–H and O–H groups in total. The zero-order chi connectivity index (χ0) is 18.3. The Kier molecular flexibility index (Phi) is 8.57. The van der Waals surface area contributed by atoms with E-state index in [2.05, 4.69) is 10.6 Å². The fraction of sp³-hybridized carbons (Fsp3) is 0.278. The van der Waals surface area contributed by atoms with Gasteiger partial charge in [-0.3, -0.25) is 9.10 Å². The highest BCUT2D eigenvalue weighted by Crippen LogP contribution is 2.22. The van der Waals surface area contributed by atoms with E-state index >= 15 is 0 Å². The molecule has 0 unspecified atom stereocenters. The molecule has 0 saturated heterocycles. The van der Waals surface area contributed by atoms with Crippen molar-refractivity contribution >= 4 is 34.0 Å². The molecule has 0 bridgehead atoms. The number of likely N-dealkylation sites (N-methyl/N-ethyl adjacent to an activating group) is 1. The molecule has 2 rings (SSSR count). The van der Waals surface area contributed by atoms with Gasteiger partial charge in [0.25, 0.3) is 15.9 Å². The summed E-state index contributed by atoms with van der Waals surface area (Å²) in [4.78, 5) is 12.3. The summed E-state index contributed by atoms with van der Waals surface area (Å²) in [7, 11) is -2.24. The van der Waals surface area contributed by atoms with E-state index in [1.807, 2.05) is 13.0 Å². The van der Waals surface area contributed by atoms with Crippen LogP contribution in [0.25, 0.3) is 0 Å². The Morgan fingerprint density at radius 1 is 1.04 bits per heavy atom. The first-order valence-electron chi connectivity index (χ1n) is 8.09. The quantitative estimate of drug-likeness (QED) is 0.670. The molecule has 0 aliphatic carbocycles. The molecular weight excluding hydrogens is 374 g/mol. The monoisotopic (exact) mass is 397 g/mol. The van der Waals surface area contributed by atoms with Crippen LogP contribution in [0.3, 0.4) is 0 Å². The Balaban J connectivity index is 0.00000338. The number of nitrogens with one attached hydrogen (secondary N) is 2. The van der Waals surface area contributed by atoms with Crippen LogP contribution in [0.4, 0.5) is 5.69 Å². The zero-order valence-corrected chi connectivity index (χ0v) is 16.4. The highest BCUT2D eigenvalue weighted by molar-refractivity contribution is 7.92. The van der Waals surface area contributed by atoms with Crippen LogP contribution in [-0.4, -0.2) is 41.0 Å². The van der Waals surface area contributed by atoms with Crippen molar-refractivity contribution in [2.24, 2.45) is 0 Å². The number of benzene rings is 2. The second kappa shape index (κ2) is 10.2. The van der Waals surface area contributed by atoms with Crippen molar-refractivity contribution in [3.8, 4) is 0 Å². The van der Waals surface area contributed by atoms with Crippen LogP contribution in [0, 0.1) is 0 Å². The molecule has 6 nitrogen and oxygen atoms in total. The van der Waals surface area contributed by atoms with Crippen molar-refractivity contribution in [3.05, 3.63) is 60.2 Å². The minimum absolute atomic E-state index is 0. The smallest absolute Gasteiger partial charge is 0.264 e. The van der Waals surface area contributed by atoms with E-state index in [1.165, 1.54) is 23.5 Å². The summed E-state index contributed by atoms with van der Waals surface area (Å²) < 4.78 is 26.8. The fourth-order valence-corrected chi connectivity index (χ4v) is 3.52. The minimum atomic E-state index is -3.74. The topological polar surface area (TPSA) is 78.5 Å². The Hall–Kier alpha value is -2.09. The summed E-state index contributed by atoms with van der Waals surface area (Å²) in [5.41, 5.74) is 0.877. The molecule has 8 heteroatoms. The van der Waals surface area contributed by atoms with E-state index in [-0.39, 0.29) is 23.2 Å². The predicted octanol–water partition coefficient (Wildman–Crippen LogP) is 2.27. The lowest BCUT2D eigenvalue weighted by atomic mass is 10.2. The number of rotatable bonds is 8. The van der Waals surface area contributed by atoms with Crippen molar-refractivity contribution in [1.82, 2.24) is 10.6 Å². The number of para-hydroxylation sites is 1. The molecule has 0 aliphatic heterocycles. The van der Waals surface area contributed by atoms with Gasteiger partial charge in [-0.1, -0.05) is 31.2 Å². The molecule has 0 fully saturated rings. The van der Waals surface area contributed by atoms with Gasteiger partial charge in [-0.15, -0.1) is 12.4 Å². The van der Waals surface area contributed by atoms with Gasteiger partial charge < -0.3 is 10.6 Å². The lowest BCUT2D eigenvalue weighted by Crippen LogP contribution is -2.32. The third-order valence-corrected chi connectivity index (χ3v) is 5.49. The molecule has 0 spiro atoms. The number of nitrogens with zero attached hydrogens (tertiary/aromatic N) is 1. The number of hydrogen-bond acceptors (Lipinski definition) is 4. The van der Waals surface area contributed by atoms with E-state index < -0.39 is 10.0 Å². The number of halogens is 1. The van der Waals surface area contributed by atoms with Crippen LogP contribution in [0.2, 0.25) is 0 Å². The highest BCUT2D eigenvalue weighted by atomic mass is 35.5. The minimum Gasteiger partial charge on any atom is -0.351 e. The number of carbonyl (C=O) groups is 1. The molecule has 142 valence electrons. The summed E-state index contributed by atoms with van der Waals surface area (Å²) in [6, 6.07) is 14.9.